The van der Waals surface area contributed by atoms with Crippen molar-refractivity contribution in [3.05, 3.63) is 18.5 Å². The average Bonchev–Trinajstić information content (AvgIpc) is 3.00. The van der Waals surface area contributed by atoms with Crippen LogP contribution in [0.25, 0.3) is 5.95 Å². The first-order valence-corrected chi connectivity index (χ1v) is 6.68. The van der Waals surface area contributed by atoms with Gasteiger partial charge in [0.25, 0.3) is 5.95 Å². The molecule has 0 radical (unpaired) electrons. The van der Waals surface area contributed by atoms with Gasteiger partial charge in [0.1, 0.15) is 0 Å². The Hall–Kier alpha value is -2.22. The van der Waals surface area contributed by atoms with Crippen molar-refractivity contribution in [2.45, 2.75) is 25.4 Å². The zero-order chi connectivity index (χ0) is 13.8. The van der Waals surface area contributed by atoms with Crippen molar-refractivity contribution >= 4 is 11.9 Å². The van der Waals surface area contributed by atoms with Crippen molar-refractivity contribution < 1.29 is 4.74 Å². The normalized spacial score (nSPS) is 18.9. The maximum atomic E-state index is 5.70. The van der Waals surface area contributed by atoms with Crippen LogP contribution in [0.1, 0.15) is 19.3 Å². The molecule has 106 valence electrons. The Morgan fingerprint density at radius 2 is 2.30 bits per heavy atom. The Morgan fingerprint density at radius 3 is 3.05 bits per heavy atom. The van der Waals surface area contributed by atoms with Crippen molar-refractivity contribution in [2.24, 2.45) is 0 Å². The molecule has 2 aromatic rings. The van der Waals surface area contributed by atoms with Gasteiger partial charge in [-0.3, -0.25) is 0 Å². The van der Waals surface area contributed by atoms with Crippen LogP contribution in [0.3, 0.4) is 0 Å². The fraction of sp³-hybridized carbons (Fsp3) is 0.500. The van der Waals surface area contributed by atoms with E-state index in [9.17, 15) is 0 Å². The SMILES string of the molecule is Nc1nc(NCC2CCCCO2)nc(-n2cccn2)n1. The molecule has 3 rings (SSSR count). The minimum atomic E-state index is 0.164. The molecule has 1 unspecified atom stereocenters. The zero-order valence-corrected chi connectivity index (χ0v) is 11.1. The Morgan fingerprint density at radius 1 is 1.35 bits per heavy atom. The summed E-state index contributed by atoms with van der Waals surface area (Å²) in [4.78, 5) is 12.4. The molecule has 0 saturated carbocycles. The number of anilines is 2. The summed E-state index contributed by atoms with van der Waals surface area (Å²) in [5, 5.41) is 7.22. The summed E-state index contributed by atoms with van der Waals surface area (Å²) < 4.78 is 7.19. The van der Waals surface area contributed by atoms with Crippen molar-refractivity contribution in [3.63, 3.8) is 0 Å². The Kier molecular flexibility index (Phi) is 3.73. The van der Waals surface area contributed by atoms with Gasteiger partial charge >= 0.3 is 0 Å². The Balaban J connectivity index is 1.69. The maximum Gasteiger partial charge on any atom is 0.257 e. The van der Waals surface area contributed by atoms with Crippen LogP contribution >= 0.6 is 0 Å². The summed E-state index contributed by atoms with van der Waals surface area (Å²) in [6, 6.07) is 1.79. The van der Waals surface area contributed by atoms with E-state index < -0.39 is 0 Å². The molecule has 3 N–H and O–H groups in total. The van der Waals surface area contributed by atoms with E-state index in [1.54, 1.807) is 23.1 Å². The first-order valence-electron chi connectivity index (χ1n) is 6.68. The highest BCUT2D eigenvalue weighted by Gasteiger charge is 2.14. The number of ether oxygens (including phenoxy) is 1. The topological polar surface area (TPSA) is 104 Å². The van der Waals surface area contributed by atoms with Crippen molar-refractivity contribution in [3.8, 4) is 5.95 Å². The molecule has 1 aliphatic heterocycles. The number of hydrogen-bond donors (Lipinski definition) is 2. The van der Waals surface area contributed by atoms with E-state index in [1.807, 2.05) is 0 Å². The lowest BCUT2D eigenvalue weighted by Crippen LogP contribution is -2.27. The van der Waals surface area contributed by atoms with Gasteiger partial charge in [0.05, 0.1) is 6.10 Å². The summed E-state index contributed by atoms with van der Waals surface area (Å²) in [5.74, 6) is 1.00. The molecule has 20 heavy (non-hydrogen) atoms. The molecule has 0 amide bonds. The quantitative estimate of drug-likeness (QED) is 0.842. The van der Waals surface area contributed by atoms with Crippen LogP contribution in [0.5, 0.6) is 0 Å². The van der Waals surface area contributed by atoms with E-state index in [4.69, 9.17) is 10.5 Å². The van der Waals surface area contributed by atoms with Crippen LogP contribution in [-0.2, 0) is 4.74 Å². The fourth-order valence-electron chi connectivity index (χ4n) is 2.12. The highest BCUT2D eigenvalue weighted by Crippen LogP contribution is 2.13. The van der Waals surface area contributed by atoms with Gasteiger partial charge in [-0.2, -0.15) is 20.1 Å². The van der Waals surface area contributed by atoms with Gasteiger partial charge < -0.3 is 15.8 Å². The Bertz CT molecular complexity index is 551. The highest BCUT2D eigenvalue weighted by atomic mass is 16.5. The summed E-state index contributed by atoms with van der Waals surface area (Å²) in [6.07, 6.45) is 7.00. The van der Waals surface area contributed by atoms with Gasteiger partial charge in [0.2, 0.25) is 11.9 Å². The fourth-order valence-corrected chi connectivity index (χ4v) is 2.12. The molecule has 1 saturated heterocycles. The monoisotopic (exact) mass is 275 g/mol. The second-order valence-electron chi connectivity index (χ2n) is 4.64. The molecule has 0 aliphatic carbocycles. The molecule has 8 heteroatoms. The smallest absolute Gasteiger partial charge is 0.257 e. The lowest BCUT2D eigenvalue weighted by atomic mass is 10.1. The first-order chi connectivity index (χ1) is 9.81. The summed E-state index contributed by atoms with van der Waals surface area (Å²) in [6.45, 7) is 1.49. The van der Waals surface area contributed by atoms with E-state index in [2.05, 4.69) is 25.4 Å². The van der Waals surface area contributed by atoms with Crippen LogP contribution in [-0.4, -0.2) is 44.0 Å². The molecular weight excluding hydrogens is 258 g/mol. The second kappa shape index (κ2) is 5.83. The highest BCUT2D eigenvalue weighted by molar-refractivity contribution is 5.34. The third-order valence-electron chi connectivity index (χ3n) is 3.11. The van der Waals surface area contributed by atoms with E-state index in [0.717, 1.165) is 19.4 Å². The molecule has 1 atom stereocenters. The number of nitrogens with zero attached hydrogens (tertiary/aromatic N) is 5. The zero-order valence-electron chi connectivity index (χ0n) is 11.1. The molecule has 0 bridgehead atoms. The van der Waals surface area contributed by atoms with E-state index in [0.29, 0.717) is 18.4 Å². The number of nitrogen functional groups attached to an aromatic ring is 1. The number of aromatic nitrogens is 5. The molecule has 8 nitrogen and oxygen atoms in total. The number of nitrogens with two attached hydrogens (primary N) is 1. The minimum absolute atomic E-state index is 0.164. The molecule has 0 spiro atoms. The predicted molar refractivity (Wildman–Crippen MR) is 73.4 cm³/mol. The van der Waals surface area contributed by atoms with Crippen molar-refractivity contribution in [1.82, 2.24) is 24.7 Å². The third kappa shape index (κ3) is 3.02. The summed E-state index contributed by atoms with van der Waals surface area (Å²) in [5.41, 5.74) is 5.70. The molecule has 2 aromatic heterocycles. The maximum absolute atomic E-state index is 5.70. The van der Waals surface area contributed by atoms with Crippen LogP contribution in [0.4, 0.5) is 11.9 Å². The minimum Gasteiger partial charge on any atom is -0.376 e. The largest absolute Gasteiger partial charge is 0.376 e. The van der Waals surface area contributed by atoms with Gasteiger partial charge in [0, 0.05) is 25.5 Å². The number of rotatable bonds is 4. The van der Waals surface area contributed by atoms with Gasteiger partial charge in [0.15, 0.2) is 0 Å². The second-order valence-corrected chi connectivity index (χ2v) is 4.64. The summed E-state index contributed by atoms with van der Waals surface area (Å²) in [7, 11) is 0. The average molecular weight is 275 g/mol. The Labute approximate surface area is 116 Å². The van der Waals surface area contributed by atoms with Gasteiger partial charge in [-0.05, 0) is 25.3 Å². The molecule has 1 aliphatic rings. The van der Waals surface area contributed by atoms with Crippen molar-refractivity contribution in [2.75, 3.05) is 24.2 Å². The lowest BCUT2D eigenvalue weighted by Gasteiger charge is -2.22. The third-order valence-corrected chi connectivity index (χ3v) is 3.11. The van der Waals surface area contributed by atoms with Gasteiger partial charge in [-0.15, -0.1) is 0 Å². The van der Waals surface area contributed by atoms with E-state index in [-0.39, 0.29) is 12.1 Å². The predicted octanol–water partition coefficient (Wildman–Crippen LogP) is 0.620. The van der Waals surface area contributed by atoms with Gasteiger partial charge in [-0.1, -0.05) is 0 Å². The van der Waals surface area contributed by atoms with E-state index >= 15 is 0 Å². The molecule has 1 fully saturated rings. The van der Waals surface area contributed by atoms with Crippen LogP contribution in [0.15, 0.2) is 18.5 Å². The number of hydrogen-bond acceptors (Lipinski definition) is 7. The molecule has 3 heterocycles. The van der Waals surface area contributed by atoms with Gasteiger partial charge in [-0.25, -0.2) is 4.68 Å². The molecular formula is C12H17N7O. The van der Waals surface area contributed by atoms with Crippen LogP contribution in [0, 0.1) is 0 Å². The van der Waals surface area contributed by atoms with Crippen LogP contribution in [0.2, 0.25) is 0 Å². The number of nitrogens with one attached hydrogen (secondary N) is 1. The van der Waals surface area contributed by atoms with Crippen molar-refractivity contribution in [1.29, 1.82) is 0 Å². The standard InChI is InChI=1S/C12H17N7O/c13-10-16-11(14-8-9-4-1-2-7-20-9)18-12(17-10)19-6-3-5-15-19/h3,5-6,9H,1-2,4,7-8H2,(H3,13,14,16,17,18). The van der Waals surface area contributed by atoms with E-state index in [1.165, 1.54) is 6.42 Å². The first kappa shape index (κ1) is 12.8. The van der Waals surface area contributed by atoms with Crippen LogP contribution < -0.4 is 11.1 Å². The lowest BCUT2D eigenvalue weighted by molar-refractivity contribution is 0.0246. The molecule has 0 aromatic carbocycles. The summed E-state index contributed by atoms with van der Waals surface area (Å²) >= 11 is 0.